The number of sulfonamides is 1. The molecule has 2 amide bonds. The minimum absolute atomic E-state index is 0.0969. The molecule has 3 rings (SSSR count). The van der Waals surface area contributed by atoms with Crippen LogP contribution < -0.4 is 5.32 Å². The third kappa shape index (κ3) is 5.36. The standard InChI is InChI=1S/C21H31N3O4S/c1-2-8-20(25)23-12-7-9-17(16-23)21(26)22-18-10-6-11-19(15-18)29(27,28)24-13-4-3-5-14-24/h6,10-11,15,17H,2-5,7-9,12-14,16H2,1H3,(H,22,26). The summed E-state index contributed by atoms with van der Waals surface area (Å²) >= 11 is 0. The van der Waals surface area contributed by atoms with Crippen molar-refractivity contribution in [1.29, 1.82) is 0 Å². The van der Waals surface area contributed by atoms with Crippen LogP contribution in [-0.4, -0.2) is 55.6 Å². The van der Waals surface area contributed by atoms with Gasteiger partial charge in [-0.2, -0.15) is 4.31 Å². The molecular weight excluding hydrogens is 390 g/mol. The average Bonchev–Trinajstić information content (AvgIpc) is 2.75. The SMILES string of the molecule is CCCC(=O)N1CCCC(C(=O)Nc2cccc(S(=O)(=O)N3CCCCC3)c2)C1. The van der Waals surface area contributed by atoms with Crippen LogP contribution in [0.3, 0.4) is 0 Å². The van der Waals surface area contributed by atoms with E-state index in [0.717, 1.165) is 38.5 Å². The summed E-state index contributed by atoms with van der Waals surface area (Å²) in [5.41, 5.74) is 0.477. The van der Waals surface area contributed by atoms with Gasteiger partial charge in [-0.3, -0.25) is 9.59 Å². The molecule has 1 N–H and O–H groups in total. The molecule has 29 heavy (non-hydrogen) atoms. The molecular formula is C21H31N3O4S. The summed E-state index contributed by atoms with van der Waals surface area (Å²) in [7, 11) is -3.54. The molecule has 2 aliphatic rings. The second-order valence-corrected chi connectivity index (χ2v) is 9.85. The number of carbonyl (C=O) groups excluding carboxylic acids is 2. The molecule has 0 radical (unpaired) electrons. The first-order valence-electron chi connectivity index (χ1n) is 10.6. The Morgan fingerprint density at radius 2 is 1.86 bits per heavy atom. The average molecular weight is 422 g/mol. The summed E-state index contributed by atoms with van der Waals surface area (Å²) in [6.07, 6.45) is 5.65. The molecule has 2 fully saturated rings. The van der Waals surface area contributed by atoms with Gasteiger partial charge in [0.1, 0.15) is 0 Å². The summed E-state index contributed by atoms with van der Waals surface area (Å²) in [5, 5.41) is 2.86. The summed E-state index contributed by atoms with van der Waals surface area (Å²) in [6, 6.07) is 6.47. The van der Waals surface area contributed by atoms with Gasteiger partial charge in [-0.1, -0.05) is 19.4 Å². The van der Waals surface area contributed by atoms with E-state index in [0.29, 0.717) is 38.3 Å². The topological polar surface area (TPSA) is 86.8 Å². The number of rotatable bonds is 6. The second kappa shape index (κ2) is 9.71. The molecule has 0 bridgehead atoms. The number of anilines is 1. The summed E-state index contributed by atoms with van der Waals surface area (Å²) in [6.45, 7) is 4.19. The maximum atomic E-state index is 12.9. The summed E-state index contributed by atoms with van der Waals surface area (Å²) < 4.78 is 27.3. The second-order valence-electron chi connectivity index (χ2n) is 7.91. The van der Waals surface area contributed by atoms with Crippen molar-refractivity contribution in [2.75, 3.05) is 31.5 Å². The number of amides is 2. The summed E-state index contributed by atoms with van der Waals surface area (Å²) in [5.74, 6) is -0.335. The van der Waals surface area contributed by atoms with Gasteiger partial charge in [-0.05, 0) is 50.3 Å². The van der Waals surface area contributed by atoms with E-state index >= 15 is 0 Å². The van der Waals surface area contributed by atoms with Gasteiger partial charge in [-0.15, -0.1) is 0 Å². The Labute approximate surface area is 173 Å². The number of nitrogens with zero attached hydrogens (tertiary/aromatic N) is 2. The minimum Gasteiger partial charge on any atom is -0.342 e. The van der Waals surface area contributed by atoms with Crippen LogP contribution in [0.5, 0.6) is 0 Å². The number of carbonyl (C=O) groups is 2. The van der Waals surface area contributed by atoms with E-state index in [4.69, 9.17) is 0 Å². The van der Waals surface area contributed by atoms with Gasteiger partial charge in [0.05, 0.1) is 10.8 Å². The van der Waals surface area contributed by atoms with Gasteiger partial charge in [0.25, 0.3) is 0 Å². The molecule has 1 unspecified atom stereocenters. The van der Waals surface area contributed by atoms with E-state index in [1.165, 1.54) is 10.4 Å². The summed E-state index contributed by atoms with van der Waals surface area (Å²) in [4.78, 5) is 26.9. The van der Waals surface area contributed by atoms with Gasteiger partial charge in [0, 0.05) is 38.3 Å². The van der Waals surface area contributed by atoms with Crippen molar-refractivity contribution in [1.82, 2.24) is 9.21 Å². The van der Waals surface area contributed by atoms with Crippen molar-refractivity contribution >= 4 is 27.5 Å². The molecule has 0 spiro atoms. The molecule has 2 heterocycles. The predicted molar refractivity (Wildman–Crippen MR) is 112 cm³/mol. The van der Waals surface area contributed by atoms with Crippen molar-refractivity contribution in [3.8, 4) is 0 Å². The number of piperidine rings is 2. The van der Waals surface area contributed by atoms with E-state index in [9.17, 15) is 18.0 Å². The van der Waals surface area contributed by atoms with Crippen LogP contribution in [0.1, 0.15) is 51.9 Å². The van der Waals surface area contributed by atoms with E-state index in [1.807, 2.05) is 6.92 Å². The van der Waals surface area contributed by atoms with Crippen molar-refractivity contribution in [3.05, 3.63) is 24.3 Å². The number of hydrogen-bond donors (Lipinski definition) is 1. The maximum absolute atomic E-state index is 12.9. The smallest absolute Gasteiger partial charge is 0.243 e. The minimum atomic E-state index is -3.54. The van der Waals surface area contributed by atoms with E-state index in [1.54, 1.807) is 23.1 Å². The van der Waals surface area contributed by atoms with Gasteiger partial charge < -0.3 is 10.2 Å². The highest BCUT2D eigenvalue weighted by molar-refractivity contribution is 7.89. The normalized spacial score (nSPS) is 21.0. The molecule has 1 aromatic rings. The maximum Gasteiger partial charge on any atom is 0.243 e. The zero-order chi connectivity index (χ0) is 20.9. The molecule has 0 saturated carbocycles. The van der Waals surface area contributed by atoms with Crippen LogP contribution in [0.15, 0.2) is 29.2 Å². The van der Waals surface area contributed by atoms with Gasteiger partial charge in [0.15, 0.2) is 0 Å². The number of benzene rings is 1. The van der Waals surface area contributed by atoms with Gasteiger partial charge in [0.2, 0.25) is 21.8 Å². The monoisotopic (exact) mass is 421 g/mol. The molecule has 160 valence electrons. The lowest BCUT2D eigenvalue weighted by atomic mass is 9.96. The van der Waals surface area contributed by atoms with Crippen molar-refractivity contribution in [2.24, 2.45) is 5.92 Å². The largest absolute Gasteiger partial charge is 0.342 e. The Morgan fingerprint density at radius 1 is 1.10 bits per heavy atom. The van der Waals surface area contributed by atoms with E-state index in [-0.39, 0.29) is 22.6 Å². The third-order valence-electron chi connectivity index (χ3n) is 5.66. The van der Waals surface area contributed by atoms with Gasteiger partial charge >= 0.3 is 0 Å². The quantitative estimate of drug-likeness (QED) is 0.765. The predicted octanol–water partition coefficient (Wildman–Crippen LogP) is 2.84. The van der Waals surface area contributed by atoms with Crippen LogP contribution in [0.2, 0.25) is 0 Å². The van der Waals surface area contributed by atoms with Gasteiger partial charge in [-0.25, -0.2) is 8.42 Å². The Balaban J connectivity index is 1.66. The third-order valence-corrected chi connectivity index (χ3v) is 7.56. The Morgan fingerprint density at radius 3 is 2.59 bits per heavy atom. The van der Waals surface area contributed by atoms with Crippen LogP contribution in [0.4, 0.5) is 5.69 Å². The Kier molecular flexibility index (Phi) is 7.29. The highest BCUT2D eigenvalue weighted by Gasteiger charge is 2.29. The van der Waals surface area contributed by atoms with Crippen molar-refractivity contribution in [3.63, 3.8) is 0 Å². The fraction of sp³-hybridized carbons (Fsp3) is 0.619. The lowest BCUT2D eigenvalue weighted by molar-refractivity contribution is -0.134. The van der Waals surface area contributed by atoms with Crippen LogP contribution in [0, 0.1) is 5.92 Å². The molecule has 1 atom stereocenters. The Bertz CT molecular complexity index is 834. The Hall–Kier alpha value is -1.93. The molecule has 2 saturated heterocycles. The molecule has 0 aromatic heterocycles. The zero-order valence-corrected chi connectivity index (χ0v) is 17.9. The first kappa shape index (κ1) is 21.8. The first-order chi connectivity index (χ1) is 13.9. The molecule has 2 aliphatic heterocycles. The number of nitrogens with one attached hydrogen (secondary N) is 1. The van der Waals surface area contributed by atoms with E-state index < -0.39 is 10.0 Å². The fourth-order valence-electron chi connectivity index (χ4n) is 4.02. The van der Waals surface area contributed by atoms with Crippen molar-refractivity contribution in [2.45, 2.75) is 56.8 Å². The first-order valence-corrected chi connectivity index (χ1v) is 12.0. The van der Waals surface area contributed by atoms with Crippen LogP contribution in [0.25, 0.3) is 0 Å². The van der Waals surface area contributed by atoms with Crippen LogP contribution in [-0.2, 0) is 19.6 Å². The molecule has 8 heteroatoms. The van der Waals surface area contributed by atoms with Crippen molar-refractivity contribution < 1.29 is 18.0 Å². The lowest BCUT2D eigenvalue weighted by Crippen LogP contribution is -2.43. The highest BCUT2D eigenvalue weighted by Crippen LogP contribution is 2.24. The van der Waals surface area contributed by atoms with E-state index in [2.05, 4.69) is 5.32 Å². The number of likely N-dealkylation sites (tertiary alicyclic amines) is 1. The zero-order valence-electron chi connectivity index (χ0n) is 17.1. The fourth-order valence-corrected chi connectivity index (χ4v) is 5.59. The highest BCUT2D eigenvalue weighted by atomic mass is 32.2. The molecule has 7 nitrogen and oxygen atoms in total. The molecule has 1 aromatic carbocycles. The lowest BCUT2D eigenvalue weighted by Gasteiger charge is -2.32. The van der Waals surface area contributed by atoms with Crippen LogP contribution >= 0.6 is 0 Å². The number of hydrogen-bond acceptors (Lipinski definition) is 4. The molecule has 0 aliphatic carbocycles.